The summed E-state index contributed by atoms with van der Waals surface area (Å²) in [5.41, 5.74) is 0.750. The highest BCUT2D eigenvalue weighted by Gasteiger charge is 2.45. The van der Waals surface area contributed by atoms with E-state index in [-0.39, 0.29) is 43.1 Å². The van der Waals surface area contributed by atoms with Crippen LogP contribution in [0.5, 0.6) is 0 Å². The molecule has 2 heterocycles. The van der Waals surface area contributed by atoms with E-state index in [1.807, 2.05) is 6.07 Å². The maximum absolute atomic E-state index is 13.2. The van der Waals surface area contributed by atoms with Crippen molar-refractivity contribution in [3.8, 4) is 6.07 Å². The van der Waals surface area contributed by atoms with Crippen LogP contribution in [-0.2, 0) is 14.4 Å². The third-order valence-corrected chi connectivity index (χ3v) is 5.00. The summed E-state index contributed by atoms with van der Waals surface area (Å²) in [7, 11) is 0. The molecule has 0 saturated carbocycles. The molecule has 0 bridgehead atoms. The van der Waals surface area contributed by atoms with E-state index in [0.717, 1.165) is 4.90 Å². The molecule has 1 aromatic rings. The van der Waals surface area contributed by atoms with Gasteiger partial charge in [0.05, 0.1) is 18.2 Å². The summed E-state index contributed by atoms with van der Waals surface area (Å²) < 4.78 is 39.6. The van der Waals surface area contributed by atoms with Crippen molar-refractivity contribution in [2.24, 2.45) is 0 Å². The molecule has 3 rings (SSSR count). The monoisotopic (exact) mass is 438 g/mol. The molecule has 166 valence electrons. The van der Waals surface area contributed by atoms with Crippen LogP contribution >= 0.6 is 0 Å². The van der Waals surface area contributed by atoms with Crippen LogP contribution in [0.25, 0.3) is 0 Å². The fourth-order valence-electron chi connectivity index (χ4n) is 3.52. The smallest absolute Gasteiger partial charge is 0.374 e. The molecule has 3 amide bonds. The Labute approximate surface area is 175 Å². The van der Waals surface area contributed by atoms with Crippen LogP contribution in [0.3, 0.4) is 0 Å². The van der Waals surface area contributed by atoms with E-state index in [9.17, 15) is 32.8 Å². The van der Waals surface area contributed by atoms with Gasteiger partial charge in [-0.3, -0.25) is 24.6 Å². The van der Waals surface area contributed by atoms with Crippen LogP contribution in [0, 0.1) is 11.3 Å². The van der Waals surface area contributed by atoms with Gasteiger partial charge in [0.2, 0.25) is 17.7 Å². The minimum Gasteiger partial charge on any atom is -0.374 e. The minimum absolute atomic E-state index is 0.0676. The predicted octanol–water partition coefficient (Wildman–Crippen LogP) is 0.550. The second kappa shape index (κ2) is 9.32. The highest BCUT2D eigenvalue weighted by atomic mass is 19.4. The van der Waals surface area contributed by atoms with Gasteiger partial charge in [0.1, 0.15) is 12.1 Å². The number of hydrogen-bond donors (Lipinski definition) is 4. The Morgan fingerprint density at radius 1 is 1.26 bits per heavy atom. The number of nitrogens with one attached hydrogen (secondary N) is 4. The van der Waals surface area contributed by atoms with Crippen molar-refractivity contribution in [1.82, 2.24) is 15.5 Å². The van der Waals surface area contributed by atoms with E-state index in [1.165, 1.54) is 18.2 Å². The summed E-state index contributed by atoms with van der Waals surface area (Å²) in [6.07, 6.45) is -4.03. The second-order valence-corrected chi connectivity index (χ2v) is 7.34. The molecule has 31 heavy (non-hydrogen) atoms. The third-order valence-electron chi connectivity index (χ3n) is 5.00. The highest BCUT2D eigenvalue weighted by molar-refractivity contribution is 6.01. The van der Waals surface area contributed by atoms with Crippen LogP contribution in [-0.4, -0.2) is 67.1 Å². The van der Waals surface area contributed by atoms with Gasteiger partial charge in [0.15, 0.2) is 0 Å². The second-order valence-electron chi connectivity index (χ2n) is 7.34. The zero-order chi connectivity index (χ0) is 22.6. The number of nitriles is 1. The summed E-state index contributed by atoms with van der Waals surface area (Å²) in [5.74, 6) is -1.52. The molecule has 0 radical (unpaired) electrons. The maximum atomic E-state index is 13.2. The first-order chi connectivity index (χ1) is 14.7. The Balaban J connectivity index is 1.68. The lowest BCUT2D eigenvalue weighted by Gasteiger charge is -2.36. The first kappa shape index (κ1) is 22.5. The van der Waals surface area contributed by atoms with E-state index in [2.05, 4.69) is 21.3 Å². The summed E-state index contributed by atoms with van der Waals surface area (Å²) in [5, 5.41) is 19.6. The van der Waals surface area contributed by atoms with Gasteiger partial charge in [-0.25, -0.2) is 0 Å². The molecule has 2 fully saturated rings. The normalized spacial score (nSPS) is 22.4. The molecule has 12 heteroatoms. The quantitative estimate of drug-likeness (QED) is 0.495. The molecule has 0 spiro atoms. The molecule has 0 aromatic heterocycles. The average molecular weight is 438 g/mol. The zero-order valence-corrected chi connectivity index (χ0v) is 16.4. The third kappa shape index (κ3) is 5.93. The van der Waals surface area contributed by atoms with Gasteiger partial charge >= 0.3 is 6.18 Å². The number of alkyl halides is 3. The molecule has 2 unspecified atom stereocenters. The fraction of sp³-hybridized carbons (Fsp3) is 0.474. The first-order valence-electron chi connectivity index (χ1n) is 9.62. The molecule has 4 N–H and O–H groups in total. The van der Waals surface area contributed by atoms with Crippen molar-refractivity contribution < 1.29 is 27.6 Å². The molecule has 0 aliphatic carbocycles. The van der Waals surface area contributed by atoms with E-state index in [0.29, 0.717) is 12.2 Å². The van der Waals surface area contributed by atoms with Gasteiger partial charge in [0, 0.05) is 37.4 Å². The number of piperazine rings is 1. The van der Waals surface area contributed by atoms with E-state index in [4.69, 9.17) is 0 Å². The van der Waals surface area contributed by atoms with Crippen molar-refractivity contribution in [3.05, 3.63) is 23.8 Å². The average Bonchev–Trinajstić information content (AvgIpc) is 2.69. The number of halogens is 3. The van der Waals surface area contributed by atoms with Gasteiger partial charge in [-0.05, 0) is 24.6 Å². The summed E-state index contributed by atoms with van der Waals surface area (Å²) >= 11 is 0. The largest absolute Gasteiger partial charge is 0.405 e. The van der Waals surface area contributed by atoms with Crippen LogP contribution in [0.2, 0.25) is 0 Å². The van der Waals surface area contributed by atoms with Gasteiger partial charge in [0.25, 0.3) is 0 Å². The number of imide groups is 1. The summed E-state index contributed by atoms with van der Waals surface area (Å²) in [6, 6.07) is 3.80. The maximum Gasteiger partial charge on any atom is 0.405 e. The van der Waals surface area contributed by atoms with Crippen LogP contribution in [0.15, 0.2) is 18.2 Å². The number of carbonyl (C=O) groups excluding carboxylic acids is 3. The Hall–Kier alpha value is -3.17. The van der Waals surface area contributed by atoms with Crippen LogP contribution in [0.4, 0.5) is 24.5 Å². The number of hydrogen-bond acceptors (Lipinski definition) is 7. The number of anilines is 2. The lowest BCUT2D eigenvalue weighted by Crippen LogP contribution is -2.59. The first-order valence-corrected chi connectivity index (χ1v) is 9.62. The Kier molecular flexibility index (Phi) is 6.77. The summed E-state index contributed by atoms with van der Waals surface area (Å²) in [6.45, 7) is -0.346. The van der Waals surface area contributed by atoms with Gasteiger partial charge in [-0.2, -0.15) is 18.4 Å². The lowest BCUT2D eigenvalue weighted by atomic mass is 10.1. The molecule has 1 aromatic carbocycles. The number of rotatable bonds is 5. The highest BCUT2D eigenvalue weighted by Crippen LogP contribution is 2.26. The Morgan fingerprint density at radius 3 is 2.68 bits per heavy atom. The van der Waals surface area contributed by atoms with Crippen molar-refractivity contribution in [2.75, 3.05) is 36.8 Å². The van der Waals surface area contributed by atoms with Gasteiger partial charge in [-0.1, -0.05) is 0 Å². The van der Waals surface area contributed by atoms with Crippen molar-refractivity contribution >= 4 is 29.1 Å². The van der Waals surface area contributed by atoms with Gasteiger partial charge in [-0.15, -0.1) is 0 Å². The standard InChI is InChI=1S/C19H21F3N6O3/c20-19(21,22)15-9-24-3-4-28(15)10-17(30)26-13-6-11(8-23)5-12(7-13)25-14-1-2-16(29)27-18(14)31/h5-7,14-15,24-25H,1-4,9-10H2,(H,26,30)(H,27,29,31). The van der Waals surface area contributed by atoms with E-state index < -0.39 is 36.6 Å². The molecular formula is C19H21F3N6O3. The lowest BCUT2D eigenvalue weighted by molar-refractivity contribution is -0.187. The molecule has 2 aliphatic heterocycles. The molecule has 2 atom stereocenters. The summed E-state index contributed by atoms with van der Waals surface area (Å²) in [4.78, 5) is 36.6. The minimum atomic E-state index is -4.46. The SMILES string of the molecule is N#Cc1cc(NC(=O)CN2CCNCC2C(F)(F)F)cc(NC2CCC(=O)NC2=O)c1. The topological polar surface area (TPSA) is 126 Å². The molecule has 9 nitrogen and oxygen atoms in total. The predicted molar refractivity (Wildman–Crippen MR) is 104 cm³/mol. The fourth-order valence-corrected chi connectivity index (χ4v) is 3.52. The Bertz CT molecular complexity index is 914. The Morgan fingerprint density at radius 2 is 2.00 bits per heavy atom. The number of piperidine rings is 1. The number of benzene rings is 1. The van der Waals surface area contributed by atoms with Gasteiger partial charge < -0.3 is 16.0 Å². The van der Waals surface area contributed by atoms with Crippen LogP contribution in [0.1, 0.15) is 18.4 Å². The number of carbonyl (C=O) groups is 3. The molecule has 2 saturated heterocycles. The molecule has 2 aliphatic rings. The van der Waals surface area contributed by atoms with E-state index >= 15 is 0 Å². The number of nitrogens with zero attached hydrogens (tertiary/aromatic N) is 2. The van der Waals surface area contributed by atoms with Crippen molar-refractivity contribution in [1.29, 1.82) is 5.26 Å². The number of amides is 3. The van der Waals surface area contributed by atoms with Crippen LogP contribution < -0.4 is 21.3 Å². The zero-order valence-electron chi connectivity index (χ0n) is 16.4. The molecular weight excluding hydrogens is 417 g/mol. The van der Waals surface area contributed by atoms with Crippen molar-refractivity contribution in [3.63, 3.8) is 0 Å². The van der Waals surface area contributed by atoms with E-state index in [1.54, 1.807) is 0 Å². The van der Waals surface area contributed by atoms with Crippen molar-refractivity contribution in [2.45, 2.75) is 31.1 Å².